The number of nitrogens with two attached hydrogens (primary N) is 1. The van der Waals surface area contributed by atoms with E-state index in [9.17, 15) is 9.59 Å². The van der Waals surface area contributed by atoms with Crippen molar-refractivity contribution in [1.29, 1.82) is 0 Å². The third-order valence-corrected chi connectivity index (χ3v) is 4.27. The Morgan fingerprint density at radius 2 is 1.81 bits per heavy atom. The van der Waals surface area contributed by atoms with Crippen molar-refractivity contribution in [2.24, 2.45) is 5.73 Å². The van der Waals surface area contributed by atoms with Crippen molar-refractivity contribution < 1.29 is 19.1 Å². The lowest BCUT2D eigenvalue weighted by Gasteiger charge is -2.19. The van der Waals surface area contributed by atoms with Crippen molar-refractivity contribution in [1.82, 2.24) is 10.6 Å². The third-order valence-electron chi connectivity index (χ3n) is 3.92. The van der Waals surface area contributed by atoms with Crippen LogP contribution in [0.4, 0.5) is 4.79 Å². The fourth-order valence-electron chi connectivity index (χ4n) is 2.62. The molecule has 0 saturated carbocycles. The van der Waals surface area contributed by atoms with Crippen molar-refractivity contribution in [3.8, 4) is 11.5 Å². The van der Waals surface area contributed by atoms with Crippen LogP contribution in [0.1, 0.15) is 23.6 Å². The standard InChI is InChI=1S/C19H22ClN3O4/c1-26-16-8-7-12(9-17(16)27-2)11-22-18(24)10-15(23-19(21)25)13-5-3-4-6-14(13)20/h3-9,15H,10-11H2,1-2H3,(H,22,24)(H3,21,23,25)/t15-/m1/s1. The van der Waals surface area contributed by atoms with Gasteiger partial charge in [-0.2, -0.15) is 0 Å². The van der Waals surface area contributed by atoms with Crippen LogP contribution in [-0.2, 0) is 11.3 Å². The number of nitrogens with one attached hydrogen (secondary N) is 2. The van der Waals surface area contributed by atoms with Crippen LogP contribution < -0.4 is 25.8 Å². The highest BCUT2D eigenvalue weighted by molar-refractivity contribution is 6.31. The van der Waals surface area contributed by atoms with Gasteiger partial charge in [-0.15, -0.1) is 0 Å². The highest BCUT2D eigenvalue weighted by Crippen LogP contribution is 2.28. The zero-order valence-electron chi connectivity index (χ0n) is 15.1. The van der Waals surface area contributed by atoms with Gasteiger partial charge in [0.25, 0.3) is 0 Å². The van der Waals surface area contributed by atoms with Gasteiger partial charge in [-0.1, -0.05) is 35.9 Å². The van der Waals surface area contributed by atoms with Gasteiger partial charge in [0.1, 0.15) is 0 Å². The van der Waals surface area contributed by atoms with Crippen molar-refractivity contribution in [3.63, 3.8) is 0 Å². The maximum absolute atomic E-state index is 12.4. The monoisotopic (exact) mass is 391 g/mol. The largest absolute Gasteiger partial charge is 0.493 e. The molecule has 2 aromatic carbocycles. The number of amides is 3. The van der Waals surface area contributed by atoms with Gasteiger partial charge in [-0.3, -0.25) is 4.79 Å². The Kier molecular flexibility index (Phi) is 7.31. The SMILES string of the molecule is COc1ccc(CNC(=O)C[C@@H](NC(N)=O)c2ccccc2Cl)cc1OC. The van der Waals surface area contributed by atoms with E-state index in [0.29, 0.717) is 28.6 Å². The van der Waals surface area contributed by atoms with Gasteiger partial charge in [0, 0.05) is 11.6 Å². The molecule has 144 valence electrons. The van der Waals surface area contributed by atoms with E-state index in [2.05, 4.69) is 10.6 Å². The van der Waals surface area contributed by atoms with Gasteiger partial charge < -0.3 is 25.8 Å². The number of hydrogen-bond donors (Lipinski definition) is 3. The summed E-state index contributed by atoms with van der Waals surface area (Å²) in [7, 11) is 3.10. The van der Waals surface area contributed by atoms with Gasteiger partial charge in [0.15, 0.2) is 11.5 Å². The van der Waals surface area contributed by atoms with E-state index in [-0.39, 0.29) is 12.3 Å². The van der Waals surface area contributed by atoms with Crippen LogP contribution >= 0.6 is 11.6 Å². The van der Waals surface area contributed by atoms with Crippen LogP contribution in [0.2, 0.25) is 5.02 Å². The molecule has 0 spiro atoms. The predicted octanol–water partition coefficient (Wildman–Crippen LogP) is 2.77. The molecule has 0 radical (unpaired) electrons. The average Bonchev–Trinajstić information content (AvgIpc) is 2.65. The molecule has 0 unspecified atom stereocenters. The molecule has 0 aliphatic carbocycles. The van der Waals surface area contributed by atoms with E-state index in [4.69, 9.17) is 26.8 Å². The fraction of sp³-hybridized carbons (Fsp3) is 0.263. The Labute approximate surface area is 162 Å². The maximum Gasteiger partial charge on any atom is 0.312 e. The number of halogens is 1. The molecule has 0 aromatic heterocycles. The van der Waals surface area contributed by atoms with E-state index < -0.39 is 12.1 Å². The summed E-state index contributed by atoms with van der Waals surface area (Å²) in [5.41, 5.74) is 6.70. The van der Waals surface area contributed by atoms with Crippen LogP contribution in [-0.4, -0.2) is 26.2 Å². The number of rotatable bonds is 8. The maximum atomic E-state index is 12.4. The molecule has 2 rings (SSSR count). The van der Waals surface area contributed by atoms with E-state index >= 15 is 0 Å². The number of ether oxygens (including phenoxy) is 2. The van der Waals surface area contributed by atoms with Crippen molar-refractivity contribution in [2.75, 3.05) is 14.2 Å². The van der Waals surface area contributed by atoms with Gasteiger partial charge in [0.2, 0.25) is 5.91 Å². The van der Waals surface area contributed by atoms with Gasteiger partial charge in [-0.25, -0.2) is 4.79 Å². The minimum absolute atomic E-state index is 0.0000368. The summed E-state index contributed by atoms with van der Waals surface area (Å²) in [6.45, 7) is 0.297. The predicted molar refractivity (Wildman–Crippen MR) is 103 cm³/mol. The number of carbonyl (C=O) groups excluding carboxylic acids is 2. The first-order chi connectivity index (χ1) is 12.9. The molecular weight excluding hydrogens is 370 g/mol. The number of methoxy groups -OCH3 is 2. The minimum atomic E-state index is -0.729. The van der Waals surface area contributed by atoms with Crippen LogP contribution in [0, 0.1) is 0 Å². The lowest BCUT2D eigenvalue weighted by Crippen LogP contribution is -2.36. The zero-order valence-corrected chi connectivity index (χ0v) is 15.9. The number of hydrogen-bond acceptors (Lipinski definition) is 4. The third kappa shape index (κ3) is 5.79. The summed E-state index contributed by atoms with van der Waals surface area (Å²) in [4.78, 5) is 23.7. The first-order valence-corrected chi connectivity index (χ1v) is 8.60. The molecule has 3 amide bonds. The van der Waals surface area contributed by atoms with Gasteiger partial charge in [0.05, 0.1) is 26.7 Å². The molecule has 27 heavy (non-hydrogen) atoms. The van der Waals surface area contributed by atoms with Crippen molar-refractivity contribution >= 4 is 23.5 Å². The average molecular weight is 392 g/mol. The summed E-state index contributed by atoms with van der Waals surface area (Å²) in [5, 5.41) is 5.81. The molecule has 1 atom stereocenters. The molecule has 8 heteroatoms. The molecule has 7 nitrogen and oxygen atoms in total. The fourth-order valence-corrected chi connectivity index (χ4v) is 2.88. The Morgan fingerprint density at radius 3 is 2.44 bits per heavy atom. The molecule has 0 heterocycles. The normalized spacial score (nSPS) is 11.4. The van der Waals surface area contributed by atoms with Crippen molar-refractivity contribution in [2.45, 2.75) is 19.0 Å². The van der Waals surface area contributed by atoms with Crippen LogP contribution in [0.25, 0.3) is 0 Å². The number of carbonyl (C=O) groups is 2. The Morgan fingerprint density at radius 1 is 1.11 bits per heavy atom. The van der Waals surface area contributed by atoms with Crippen LogP contribution in [0.5, 0.6) is 11.5 Å². The summed E-state index contributed by atoms with van der Waals surface area (Å²) in [5.74, 6) is 0.925. The van der Waals surface area contributed by atoms with Crippen LogP contribution in [0.15, 0.2) is 42.5 Å². The quantitative estimate of drug-likeness (QED) is 0.643. The Balaban J connectivity index is 2.04. The molecule has 4 N–H and O–H groups in total. The lowest BCUT2D eigenvalue weighted by molar-refractivity contribution is -0.121. The van der Waals surface area contributed by atoms with E-state index in [1.54, 1.807) is 50.6 Å². The Hall–Kier alpha value is -2.93. The smallest absolute Gasteiger partial charge is 0.312 e. The topological polar surface area (TPSA) is 103 Å². The molecular formula is C19H22ClN3O4. The summed E-state index contributed by atoms with van der Waals surface area (Å²) in [6, 6.07) is 11.0. The summed E-state index contributed by atoms with van der Waals surface area (Å²) >= 11 is 6.17. The summed E-state index contributed by atoms with van der Waals surface area (Å²) in [6.07, 6.45) is -0.0000368. The molecule has 0 aliphatic heterocycles. The number of primary amides is 1. The first kappa shape index (κ1) is 20.4. The first-order valence-electron chi connectivity index (χ1n) is 8.22. The van der Waals surface area contributed by atoms with E-state index in [1.807, 2.05) is 6.07 Å². The Bertz CT molecular complexity index is 813. The molecule has 2 aromatic rings. The number of benzene rings is 2. The summed E-state index contributed by atoms with van der Waals surface area (Å²) < 4.78 is 10.4. The highest BCUT2D eigenvalue weighted by Gasteiger charge is 2.19. The van der Waals surface area contributed by atoms with Crippen LogP contribution in [0.3, 0.4) is 0 Å². The van der Waals surface area contributed by atoms with Gasteiger partial charge in [-0.05, 0) is 29.3 Å². The molecule has 0 saturated heterocycles. The van der Waals surface area contributed by atoms with E-state index in [0.717, 1.165) is 5.56 Å². The van der Waals surface area contributed by atoms with Crippen molar-refractivity contribution in [3.05, 3.63) is 58.6 Å². The highest BCUT2D eigenvalue weighted by atomic mass is 35.5. The minimum Gasteiger partial charge on any atom is -0.493 e. The molecule has 0 aliphatic rings. The second-order valence-electron chi connectivity index (χ2n) is 5.75. The lowest BCUT2D eigenvalue weighted by atomic mass is 10.0. The second-order valence-corrected chi connectivity index (χ2v) is 6.16. The zero-order chi connectivity index (χ0) is 19.8. The molecule has 0 fully saturated rings. The molecule has 0 bridgehead atoms. The number of urea groups is 1. The van der Waals surface area contributed by atoms with Gasteiger partial charge >= 0.3 is 6.03 Å². The van der Waals surface area contributed by atoms with E-state index in [1.165, 1.54) is 0 Å². The second kappa shape index (κ2) is 9.68.